The molecule has 100 valence electrons. The van der Waals surface area contributed by atoms with Gasteiger partial charge in [0.05, 0.1) is 5.56 Å². The molecule has 1 aromatic rings. The number of rotatable bonds is 7. The SMILES string of the molecule is CCCCCN(C)Cc1cc(C(=O)O)ccc1F. The van der Waals surface area contributed by atoms with Gasteiger partial charge in [0.15, 0.2) is 0 Å². The molecule has 1 N–H and O–H groups in total. The van der Waals surface area contributed by atoms with Gasteiger partial charge in [0, 0.05) is 12.1 Å². The molecule has 0 unspecified atom stereocenters. The lowest BCUT2D eigenvalue weighted by atomic mass is 10.1. The first-order chi connectivity index (χ1) is 8.54. The van der Waals surface area contributed by atoms with Gasteiger partial charge in [-0.05, 0) is 38.2 Å². The van der Waals surface area contributed by atoms with Gasteiger partial charge in [-0.15, -0.1) is 0 Å². The molecule has 0 radical (unpaired) electrons. The third-order valence-corrected chi connectivity index (χ3v) is 2.88. The number of carboxylic acid groups (broad SMARTS) is 1. The highest BCUT2D eigenvalue weighted by Gasteiger charge is 2.10. The number of carboxylic acids is 1. The summed E-state index contributed by atoms with van der Waals surface area (Å²) in [5.41, 5.74) is 0.572. The van der Waals surface area contributed by atoms with Crippen molar-refractivity contribution in [2.45, 2.75) is 32.7 Å². The summed E-state index contributed by atoms with van der Waals surface area (Å²) in [5.74, 6) is -1.37. The van der Waals surface area contributed by atoms with E-state index in [2.05, 4.69) is 6.92 Å². The maximum Gasteiger partial charge on any atom is 0.335 e. The molecular formula is C14H20FNO2. The average molecular weight is 253 g/mol. The number of nitrogens with zero attached hydrogens (tertiary/aromatic N) is 1. The number of halogens is 1. The maximum atomic E-state index is 13.6. The molecule has 1 aromatic carbocycles. The standard InChI is InChI=1S/C14H20FNO2/c1-3-4-5-8-16(2)10-12-9-11(14(17)18)6-7-13(12)15/h6-7,9H,3-5,8,10H2,1-2H3,(H,17,18). The van der Waals surface area contributed by atoms with Gasteiger partial charge in [-0.25, -0.2) is 9.18 Å². The van der Waals surface area contributed by atoms with Crippen molar-refractivity contribution in [2.24, 2.45) is 0 Å². The van der Waals surface area contributed by atoms with Crippen molar-refractivity contribution in [3.05, 3.63) is 35.1 Å². The molecule has 0 aliphatic carbocycles. The molecule has 0 fully saturated rings. The molecule has 3 nitrogen and oxygen atoms in total. The van der Waals surface area contributed by atoms with Crippen LogP contribution in [0.3, 0.4) is 0 Å². The molecule has 0 atom stereocenters. The molecule has 0 aromatic heterocycles. The van der Waals surface area contributed by atoms with Crippen LogP contribution >= 0.6 is 0 Å². The molecule has 0 saturated carbocycles. The van der Waals surface area contributed by atoms with Crippen molar-refractivity contribution in [1.29, 1.82) is 0 Å². The number of hydrogen-bond acceptors (Lipinski definition) is 2. The summed E-state index contributed by atoms with van der Waals surface area (Å²) >= 11 is 0. The minimum atomic E-state index is -1.02. The van der Waals surface area contributed by atoms with E-state index < -0.39 is 5.97 Å². The van der Waals surface area contributed by atoms with Crippen LogP contribution in [0.1, 0.15) is 42.1 Å². The summed E-state index contributed by atoms with van der Waals surface area (Å²) in [7, 11) is 1.92. The fourth-order valence-electron chi connectivity index (χ4n) is 1.83. The highest BCUT2D eigenvalue weighted by atomic mass is 19.1. The van der Waals surface area contributed by atoms with Crippen molar-refractivity contribution in [1.82, 2.24) is 4.90 Å². The van der Waals surface area contributed by atoms with Gasteiger partial charge >= 0.3 is 5.97 Å². The molecule has 0 bridgehead atoms. The Kier molecular flexibility index (Phi) is 5.78. The molecule has 0 heterocycles. The van der Waals surface area contributed by atoms with E-state index >= 15 is 0 Å². The van der Waals surface area contributed by atoms with Gasteiger partial charge in [-0.3, -0.25) is 0 Å². The first-order valence-corrected chi connectivity index (χ1v) is 6.25. The van der Waals surface area contributed by atoms with E-state index in [9.17, 15) is 9.18 Å². The summed E-state index contributed by atoms with van der Waals surface area (Å²) in [6, 6.07) is 3.92. The first kappa shape index (κ1) is 14.6. The van der Waals surface area contributed by atoms with E-state index in [1.807, 2.05) is 11.9 Å². The topological polar surface area (TPSA) is 40.5 Å². The van der Waals surface area contributed by atoms with Crippen LogP contribution < -0.4 is 0 Å². The Labute approximate surface area is 107 Å². The highest BCUT2D eigenvalue weighted by Crippen LogP contribution is 2.13. The largest absolute Gasteiger partial charge is 0.478 e. The number of hydrogen-bond donors (Lipinski definition) is 1. The Morgan fingerprint density at radius 3 is 2.72 bits per heavy atom. The van der Waals surface area contributed by atoms with E-state index in [-0.39, 0.29) is 11.4 Å². The first-order valence-electron chi connectivity index (χ1n) is 6.25. The molecule has 0 aliphatic heterocycles. The van der Waals surface area contributed by atoms with Crippen LogP contribution in [0.15, 0.2) is 18.2 Å². The van der Waals surface area contributed by atoms with Gasteiger partial charge < -0.3 is 10.0 Å². The predicted molar refractivity (Wildman–Crippen MR) is 69.2 cm³/mol. The second-order valence-corrected chi connectivity index (χ2v) is 4.56. The van der Waals surface area contributed by atoms with Crippen LogP contribution in [-0.4, -0.2) is 29.6 Å². The number of aromatic carboxylic acids is 1. The van der Waals surface area contributed by atoms with Crippen molar-refractivity contribution in [3.8, 4) is 0 Å². The Hall–Kier alpha value is -1.42. The Morgan fingerprint density at radius 1 is 1.39 bits per heavy atom. The van der Waals surface area contributed by atoms with Crippen LogP contribution in [0.5, 0.6) is 0 Å². The van der Waals surface area contributed by atoms with E-state index in [0.29, 0.717) is 12.1 Å². The minimum absolute atomic E-state index is 0.133. The Morgan fingerprint density at radius 2 is 2.11 bits per heavy atom. The quantitative estimate of drug-likeness (QED) is 0.759. The third-order valence-electron chi connectivity index (χ3n) is 2.88. The summed E-state index contributed by atoms with van der Waals surface area (Å²) in [6.45, 7) is 3.47. The molecular weight excluding hydrogens is 233 g/mol. The zero-order valence-corrected chi connectivity index (χ0v) is 10.9. The van der Waals surface area contributed by atoms with Crippen molar-refractivity contribution in [2.75, 3.05) is 13.6 Å². The number of unbranched alkanes of at least 4 members (excludes halogenated alkanes) is 2. The van der Waals surface area contributed by atoms with Crippen molar-refractivity contribution in [3.63, 3.8) is 0 Å². The minimum Gasteiger partial charge on any atom is -0.478 e. The van der Waals surface area contributed by atoms with Gasteiger partial charge in [0.1, 0.15) is 5.82 Å². The molecule has 0 saturated heterocycles. The Balaban J connectivity index is 2.65. The zero-order chi connectivity index (χ0) is 13.5. The molecule has 18 heavy (non-hydrogen) atoms. The molecule has 0 spiro atoms. The monoisotopic (exact) mass is 253 g/mol. The Bertz CT molecular complexity index is 407. The van der Waals surface area contributed by atoms with E-state index in [1.54, 1.807) is 0 Å². The van der Waals surface area contributed by atoms with Crippen LogP contribution in [0.25, 0.3) is 0 Å². The second kappa shape index (κ2) is 7.11. The van der Waals surface area contributed by atoms with Crippen molar-refractivity contribution >= 4 is 5.97 Å². The number of benzene rings is 1. The normalized spacial score (nSPS) is 10.9. The zero-order valence-electron chi connectivity index (χ0n) is 10.9. The maximum absolute atomic E-state index is 13.6. The fourth-order valence-corrected chi connectivity index (χ4v) is 1.83. The van der Waals surface area contributed by atoms with Gasteiger partial charge in [-0.2, -0.15) is 0 Å². The average Bonchev–Trinajstić information content (AvgIpc) is 2.32. The van der Waals surface area contributed by atoms with Gasteiger partial charge in [-0.1, -0.05) is 19.8 Å². The highest BCUT2D eigenvalue weighted by molar-refractivity contribution is 5.87. The van der Waals surface area contributed by atoms with Crippen LogP contribution in [0.2, 0.25) is 0 Å². The second-order valence-electron chi connectivity index (χ2n) is 4.56. The lowest BCUT2D eigenvalue weighted by Gasteiger charge is -2.17. The van der Waals surface area contributed by atoms with Crippen LogP contribution in [-0.2, 0) is 6.54 Å². The van der Waals surface area contributed by atoms with Crippen LogP contribution in [0, 0.1) is 5.82 Å². The molecule has 0 amide bonds. The van der Waals surface area contributed by atoms with E-state index in [1.165, 1.54) is 18.2 Å². The summed E-state index contributed by atoms with van der Waals surface area (Å²) in [5, 5.41) is 8.87. The smallest absolute Gasteiger partial charge is 0.335 e. The van der Waals surface area contributed by atoms with Gasteiger partial charge in [0.2, 0.25) is 0 Å². The summed E-state index contributed by atoms with van der Waals surface area (Å²) < 4.78 is 13.6. The molecule has 0 aliphatic rings. The van der Waals surface area contributed by atoms with Gasteiger partial charge in [0.25, 0.3) is 0 Å². The fraction of sp³-hybridized carbons (Fsp3) is 0.500. The number of carbonyl (C=O) groups is 1. The van der Waals surface area contributed by atoms with Crippen molar-refractivity contribution < 1.29 is 14.3 Å². The lowest BCUT2D eigenvalue weighted by molar-refractivity contribution is 0.0696. The van der Waals surface area contributed by atoms with E-state index in [0.717, 1.165) is 25.8 Å². The molecule has 4 heteroatoms. The van der Waals surface area contributed by atoms with E-state index in [4.69, 9.17) is 5.11 Å². The third kappa shape index (κ3) is 4.45. The molecule has 1 rings (SSSR count). The van der Waals surface area contributed by atoms with Crippen LogP contribution in [0.4, 0.5) is 4.39 Å². The summed E-state index contributed by atoms with van der Waals surface area (Å²) in [4.78, 5) is 12.8. The summed E-state index contributed by atoms with van der Waals surface area (Å²) in [6.07, 6.45) is 3.38. The predicted octanol–water partition coefficient (Wildman–Crippen LogP) is 3.15. The lowest BCUT2D eigenvalue weighted by Crippen LogP contribution is -2.20.